The summed E-state index contributed by atoms with van der Waals surface area (Å²) < 4.78 is 14.9. The largest absolute Gasteiger partial charge is 0.305 e. The number of nitrogens with zero attached hydrogens (tertiary/aromatic N) is 3. The summed E-state index contributed by atoms with van der Waals surface area (Å²) in [4.78, 5) is 0. The van der Waals surface area contributed by atoms with Crippen LogP contribution in [0.4, 0.5) is 4.39 Å². The van der Waals surface area contributed by atoms with Gasteiger partial charge in [-0.25, -0.2) is 4.39 Å². The molecular formula is C10H10FN3S. The first-order chi connectivity index (χ1) is 7.22. The molecule has 0 fully saturated rings. The molecule has 0 saturated heterocycles. The number of benzene rings is 1. The van der Waals surface area contributed by atoms with Crippen molar-refractivity contribution in [3.63, 3.8) is 0 Å². The molecule has 0 aliphatic rings. The van der Waals surface area contributed by atoms with Gasteiger partial charge in [0.15, 0.2) is 11.0 Å². The van der Waals surface area contributed by atoms with Gasteiger partial charge in [0, 0.05) is 12.6 Å². The van der Waals surface area contributed by atoms with Crippen LogP contribution in [0.5, 0.6) is 0 Å². The van der Waals surface area contributed by atoms with Gasteiger partial charge in [0.2, 0.25) is 0 Å². The number of rotatable bonds is 2. The molecule has 5 heteroatoms. The van der Waals surface area contributed by atoms with Crippen molar-refractivity contribution in [3.8, 4) is 11.4 Å². The van der Waals surface area contributed by atoms with Crippen LogP contribution in [0.3, 0.4) is 0 Å². The maximum Gasteiger partial charge on any atom is 0.190 e. The van der Waals surface area contributed by atoms with E-state index >= 15 is 0 Å². The van der Waals surface area contributed by atoms with Crippen LogP contribution >= 0.6 is 11.8 Å². The summed E-state index contributed by atoms with van der Waals surface area (Å²) in [6, 6.07) is 6.35. The fourth-order valence-corrected chi connectivity index (χ4v) is 1.85. The molecule has 2 aromatic rings. The summed E-state index contributed by atoms with van der Waals surface area (Å²) in [5, 5.41) is 8.83. The van der Waals surface area contributed by atoms with Gasteiger partial charge < -0.3 is 4.57 Å². The topological polar surface area (TPSA) is 30.7 Å². The normalized spacial score (nSPS) is 10.6. The van der Waals surface area contributed by atoms with Gasteiger partial charge in [-0.15, -0.1) is 10.2 Å². The summed E-state index contributed by atoms with van der Waals surface area (Å²) >= 11 is 1.51. The van der Waals surface area contributed by atoms with Crippen molar-refractivity contribution in [2.45, 2.75) is 5.16 Å². The number of thioether (sulfide) groups is 1. The molecule has 0 aliphatic carbocycles. The molecule has 15 heavy (non-hydrogen) atoms. The van der Waals surface area contributed by atoms with E-state index < -0.39 is 0 Å². The van der Waals surface area contributed by atoms with Crippen LogP contribution < -0.4 is 0 Å². The first-order valence-electron chi connectivity index (χ1n) is 4.41. The Kier molecular flexibility index (Phi) is 2.73. The molecular weight excluding hydrogens is 213 g/mol. The number of hydrogen-bond acceptors (Lipinski definition) is 3. The lowest BCUT2D eigenvalue weighted by Gasteiger charge is -2.01. The fourth-order valence-electron chi connectivity index (χ4n) is 1.37. The average molecular weight is 223 g/mol. The number of hydrogen-bond donors (Lipinski definition) is 0. The minimum Gasteiger partial charge on any atom is -0.305 e. The van der Waals surface area contributed by atoms with Crippen LogP contribution in [0.25, 0.3) is 11.4 Å². The van der Waals surface area contributed by atoms with E-state index in [0.717, 1.165) is 10.7 Å². The van der Waals surface area contributed by atoms with Gasteiger partial charge in [0.05, 0.1) is 0 Å². The number of halogens is 1. The van der Waals surface area contributed by atoms with Gasteiger partial charge in [-0.3, -0.25) is 0 Å². The zero-order valence-corrected chi connectivity index (χ0v) is 9.25. The monoisotopic (exact) mass is 223 g/mol. The van der Waals surface area contributed by atoms with Crippen LogP contribution in [-0.4, -0.2) is 21.0 Å². The molecule has 3 nitrogen and oxygen atoms in total. The van der Waals surface area contributed by atoms with Gasteiger partial charge in [0.25, 0.3) is 0 Å². The summed E-state index contributed by atoms with van der Waals surface area (Å²) in [5.74, 6) is 0.417. The Hall–Kier alpha value is -1.36. The van der Waals surface area contributed by atoms with Crippen LogP contribution in [0.1, 0.15) is 0 Å². The van der Waals surface area contributed by atoms with E-state index in [2.05, 4.69) is 10.2 Å². The zero-order chi connectivity index (χ0) is 10.8. The Labute approximate surface area is 91.3 Å². The Morgan fingerprint density at radius 2 is 2.13 bits per heavy atom. The molecule has 0 N–H and O–H groups in total. The van der Waals surface area contributed by atoms with Gasteiger partial charge >= 0.3 is 0 Å². The smallest absolute Gasteiger partial charge is 0.190 e. The van der Waals surface area contributed by atoms with Crippen molar-refractivity contribution < 1.29 is 4.39 Å². The zero-order valence-electron chi connectivity index (χ0n) is 8.44. The second kappa shape index (κ2) is 4.02. The minimum atomic E-state index is -0.263. The van der Waals surface area contributed by atoms with Gasteiger partial charge in [-0.2, -0.15) is 0 Å². The van der Waals surface area contributed by atoms with E-state index in [1.54, 1.807) is 6.07 Å². The SMILES string of the molecule is CSc1nnc(-c2cccc(F)c2)n1C. The molecule has 0 spiro atoms. The van der Waals surface area contributed by atoms with Crippen LogP contribution in [0.2, 0.25) is 0 Å². The summed E-state index contributed by atoms with van der Waals surface area (Å²) in [7, 11) is 1.87. The lowest BCUT2D eigenvalue weighted by molar-refractivity contribution is 0.628. The molecule has 0 atom stereocenters. The summed E-state index contributed by atoms with van der Waals surface area (Å²) in [5.41, 5.74) is 0.741. The summed E-state index contributed by atoms with van der Waals surface area (Å²) in [6.45, 7) is 0. The van der Waals surface area contributed by atoms with Crippen molar-refractivity contribution in [2.24, 2.45) is 7.05 Å². The average Bonchev–Trinajstić information content (AvgIpc) is 2.59. The molecule has 0 radical (unpaired) electrons. The Morgan fingerprint density at radius 1 is 1.33 bits per heavy atom. The maximum atomic E-state index is 13.0. The third-order valence-electron chi connectivity index (χ3n) is 2.10. The molecule has 0 bridgehead atoms. The molecule has 0 amide bonds. The summed E-state index contributed by atoms with van der Waals surface area (Å²) in [6.07, 6.45) is 1.93. The van der Waals surface area contributed by atoms with E-state index in [1.807, 2.05) is 23.9 Å². The Balaban J connectivity index is 2.49. The molecule has 0 aliphatic heterocycles. The van der Waals surface area contributed by atoms with E-state index in [1.165, 1.54) is 23.9 Å². The predicted octanol–water partition coefficient (Wildman–Crippen LogP) is 2.34. The van der Waals surface area contributed by atoms with Crippen LogP contribution in [0.15, 0.2) is 29.4 Å². The van der Waals surface area contributed by atoms with Gasteiger partial charge in [-0.05, 0) is 18.4 Å². The van der Waals surface area contributed by atoms with E-state index in [-0.39, 0.29) is 5.82 Å². The van der Waals surface area contributed by atoms with E-state index in [4.69, 9.17) is 0 Å². The van der Waals surface area contributed by atoms with E-state index in [0.29, 0.717) is 5.82 Å². The van der Waals surface area contributed by atoms with Crippen molar-refractivity contribution >= 4 is 11.8 Å². The quantitative estimate of drug-likeness (QED) is 0.732. The third kappa shape index (κ3) is 1.87. The van der Waals surface area contributed by atoms with Gasteiger partial charge in [0.1, 0.15) is 5.82 Å². The van der Waals surface area contributed by atoms with E-state index in [9.17, 15) is 4.39 Å². The fraction of sp³-hybridized carbons (Fsp3) is 0.200. The molecule has 0 unspecified atom stereocenters. The predicted molar refractivity (Wildman–Crippen MR) is 58.2 cm³/mol. The second-order valence-electron chi connectivity index (χ2n) is 3.08. The lowest BCUT2D eigenvalue weighted by Crippen LogP contribution is -1.94. The molecule has 1 aromatic heterocycles. The highest BCUT2D eigenvalue weighted by Crippen LogP contribution is 2.21. The molecule has 2 rings (SSSR count). The molecule has 1 heterocycles. The molecule has 1 aromatic carbocycles. The van der Waals surface area contributed by atoms with Crippen molar-refractivity contribution in [3.05, 3.63) is 30.1 Å². The highest BCUT2D eigenvalue weighted by molar-refractivity contribution is 7.98. The van der Waals surface area contributed by atoms with Crippen molar-refractivity contribution in [2.75, 3.05) is 6.26 Å². The van der Waals surface area contributed by atoms with Crippen molar-refractivity contribution in [1.82, 2.24) is 14.8 Å². The lowest BCUT2D eigenvalue weighted by atomic mass is 10.2. The van der Waals surface area contributed by atoms with Crippen LogP contribution in [-0.2, 0) is 7.05 Å². The highest BCUT2D eigenvalue weighted by atomic mass is 32.2. The Bertz CT molecular complexity index is 481. The standard InChI is InChI=1S/C10H10FN3S/c1-14-9(12-13-10(14)15-2)7-4-3-5-8(11)6-7/h3-6H,1-2H3. The second-order valence-corrected chi connectivity index (χ2v) is 3.85. The van der Waals surface area contributed by atoms with Crippen LogP contribution in [0, 0.1) is 5.82 Å². The highest BCUT2D eigenvalue weighted by Gasteiger charge is 2.09. The minimum absolute atomic E-state index is 0.263. The Morgan fingerprint density at radius 3 is 2.73 bits per heavy atom. The van der Waals surface area contributed by atoms with Gasteiger partial charge in [-0.1, -0.05) is 23.9 Å². The van der Waals surface area contributed by atoms with Crippen molar-refractivity contribution in [1.29, 1.82) is 0 Å². The first kappa shape index (κ1) is 10.2. The molecule has 78 valence electrons. The first-order valence-corrected chi connectivity index (χ1v) is 5.64. The third-order valence-corrected chi connectivity index (χ3v) is 2.82. The maximum absolute atomic E-state index is 13.0. The molecule has 0 saturated carbocycles. The number of aromatic nitrogens is 3.